The predicted octanol–water partition coefficient (Wildman–Crippen LogP) is 3.69. The van der Waals surface area contributed by atoms with E-state index in [0.29, 0.717) is 11.4 Å². The Morgan fingerprint density at radius 2 is 2.03 bits per heavy atom. The van der Waals surface area contributed by atoms with E-state index in [1.807, 2.05) is 6.92 Å². The van der Waals surface area contributed by atoms with Gasteiger partial charge in [-0.25, -0.2) is 18.7 Å². The molecule has 7 nitrogen and oxygen atoms in total. The van der Waals surface area contributed by atoms with E-state index >= 15 is 0 Å². The highest BCUT2D eigenvalue weighted by Gasteiger charge is 2.30. The molecule has 1 atom stereocenters. The molecule has 160 valence electrons. The first-order valence-electron chi connectivity index (χ1n) is 9.65. The van der Waals surface area contributed by atoms with Crippen LogP contribution in [0.15, 0.2) is 36.7 Å². The number of carbonyl (C=O) groups excluding carboxylic acids is 2. The maximum Gasteiger partial charge on any atom is 0.278 e. The number of pyridine rings is 2. The molecule has 0 bridgehead atoms. The number of aromatic nitrogens is 2. The standard InChI is InChI=1S/C21H24F2N4O3/c1-13(16-6-7-18(25-11-16)30-12-21(2,22)23)27(3)20(29)15-8-9-24-17(10-15)26-19(28)14-4-5-14/h6-11,13-14H,4-5,12H2,1-3H3,(H,24,26,28). The van der Waals surface area contributed by atoms with Crippen molar-refractivity contribution >= 4 is 17.6 Å². The second-order valence-corrected chi connectivity index (χ2v) is 7.57. The van der Waals surface area contributed by atoms with Gasteiger partial charge in [0.05, 0.1) is 6.04 Å². The summed E-state index contributed by atoms with van der Waals surface area (Å²) in [5, 5.41) is 2.73. The normalized spacial score (nSPS) is 14.7. The van der Waals surface area contributed by atoms with Gasteiger partial charge in [0.25, 0.3) is 11.8 Å². The van der Waals surface area contributed by atoms with Crippen LogP contribution >= 0.6 is 0 Å². The zero-order valence-electron chi connectivity index (χ0n) is 17.1. The van der Waals surface area contributed by atoms with E-state index in [4.69, 9.17) is 4.74 Å². The summed E-state index contributed by atoms with van der Waals surface area (Å²) in [4.78, 5) is 34.4. The Kier molecular flexibility index (Phi) is 6.28. The highest BCUT2D eigenvalue weighted by atomic mass is 19.3. The van der Waals surface area contributed by atoms with Crippen molar-refractivity contribution in [3.63, 3.8) is 0 Å². The van der Waals surface area contributed by atoms with E-state index < -0.39 is 12.5 Å². The van der Waals surface area contributed by atoms with Gasteiger partial charge in [-0.3, -0.25) is 9.59 Å². The molecule has 1 saturated carbocycles. The summed E-state index contributed by atoms with van der Waals surface area (Å²) in [5.74, 6) is -2.80. The number of nitrogens with zero attached hydrogens (tertiary/aromatic N) is 3. The van der Waals surface area contributed by atoms with Crippen LogP contribution in [-0.4, -0.2) is 46.3 Å². The van der Waals surface area contributed by atoms with Crippen molar-refractivity contribution in [2.45, 2.75) is 38.7 Å². The lowest BCUT2D eigenvalue weighted by Crippen LogP contribution is -2.30. The predicted molar refractivity (Wildman–Crippen MR) is 106 cm³/mol. The highest BCUT2D eigenvalue weighted by molar-refractivity contribution is 5.97. The number of carbonyl (C=O) groups is 2. The fourth-order valence-electron chi connectivity index (χ4n) is 2.73. The molecule has 2 aromatic rings. The summed E-state index contributed by atoms with van der Waals surface area (Å²) < 4.78 is 30.7. The van der Waals surface area contributed by atoms with E-state index in [0.717, 1.165) is 25.3 Å². The Bertz CT molecular complexity index is 911. The number of ether oxygens (including phenoxy) is 1. The Labute approximate surface area is 173 Å². The molecule has 0 spiro atoms. The van der Waals surface area contributed by atoms with Gasteiger partial charge in [0.2, 0.25) is 11.8 Å². The minimum Gasteiger partial charge on any atom is -0.471 e. The van der Waals surface area contributed by atoms with E-state index in [1.54, 1.807) is 25.2 Å². The number of alkyl halides is 2. The first-order chi connectivity index (χ1) is 14.1. The van der Waals surface area contributed by atoms with Gasteiger partial charge in [-0.1, -0.05) is 6.07 Å². The average Bonchev–Trinajstić information content (AvgIpc) is 3.56. The van der Waals surface area contributed by atoms with Crippen molar-refractivity contribution in [2.75, 3.05) is 19.0 Å². The monoisotopic (exact) mass is 418 g/mol. The van der Waals surface area contributed by atoms with E-state index in [9.17, 15) is 18.4 Å². The van der Waals surface area contributed by atoms with E-state index in [2.05, 4.69) is 15.3 Å². The molecule has 9 heteroatoms. The van der Waals surface area contributed by atoms with Gasteiger partial charge >= 0.3 is 0 Å². The maximum absolute atomic E-state index is 12.9. The second kappa shape index (κ2) is 8.73. The first-order valence-corrected chi connectivity index (χ1v) is 9.65. The third-order valence-electron chi connectivity index (χ3n) is 4.82. The number of amides is 2. The molecule has 0 saturated heterocycles. The van der Waals surface area contributed by atoms with Crippen molar-refractivity contribution in [3.8, 4) is 5.88 Å². The van der Waals surface area contributed by atoms with Crippen LogP contribution in [0.1, 0.15) is 48.7 Å². The molecular formula is C21H24F2N4O3. The quantitative estimate of drug-likeness (QED) is 0.707. The van der Waals surface area contributed by atoms with Gasteiger partial charge in [-0.2, -0.15) is 0 Å². The molecule has 1 aliphatic carbocycles. The molecule has 2 aromatic heterocycles. The Morgan fingerprint density at radius 3 is 2.63 bits per heavy atom. The lowest BCUT2D eigenvalue weighted by Gasteiger charge is -2.25. The van der Waals surface area contributed by atoms with E-state index in [-0.39, 0.29) is 29.7 Å². The molecule has 1 N–H and O–H groups in total. The minimum absolute atomic E-state index is 0.0388. The molecule has 1 unspecified atom stereocenters. The van der Waals surface area contributed by atoms with Crippen molar-refractivity contribution < 1.29 is 23.1 Å². The molecule has 1 aliphatic rings. The van der Waals surface area contributed by atoms with Crippen LogP contribution < -0.4 is 10.1 Å². The number of halogens is 2. The molecule has 30 heavy (non-hydrogen) atoms. The SMILES string of the molecule is CC(c1ccc(OCC(C)(F)F)nc1)N(C)C(=O)c1ccnc(NC(=O)C2CC2)c1. The van der Waals surface area contributed by atoms with Crippen LogP contribution in [0.5, 0.6) is 5.88 Å². The van der Waals surface area contributed by atoms with Crippen molar-refractivity contribution in [2.24, 2.45) is 5.92 Å². The first kappa shape index (κ1) is 21.6. The summed E-state index contributed by atoms with van der Waals surface area (Å²) in [6.07, 6.45) is 4.73. The van der Waals surface area contributed by atoms with Gasteiger partial charge in [-0.15, -0.1) is 0 Å². The summed E-state index contributed by atoms with van der Waals surface area (Å²) in [6.45, 7) is 1.84. The highest BCUT2D eigenvalue weighted by Crippen LogP contribution is 2.30. The van der Waals surface area contributed by atoms with Crippen molar-refractivity contribution in [1.29, 1.82) is 0 Å². The van der Waals surface area contributed by atoms with Crippen molar-refractivity contribution in [1.82, 2.24) is 14.9 Å². The van der Waals surface area contributed by atoms with Gasteiger partial charge in [0.15, 0.2) is 6.61 Å². The fourth-order valence-corrected chi connectivity index (χ4v) is 2.73. The summed E-state index contributed by atoms with van der Waals surface area (Å²) in [5.41, 5.74) is 1.11. The largest absolute Gasteiger partial charge is 0.471 e. The zero-order chi connectivity index (χ0) is 21.9. The second-order valence-electron chi connectivity index (χ2n) is 7.57. The molecular weight excluding hydrogens is 394 g/mol. The van der Waals surface area contributed by atoms with Gasteiger partial charge in [-0.05, 0) is 37.5 Å². The summed E-state index contributed by atoms with van der Waals surface area (Å²) >= 11 is 0. The molecule has 2 amide bonds. The third kappa shape index (κ3) is 5.71. The number of nitrogens with one attached hydrogen (secondary N) is 1. The Hall–Kier alpha value is -3.10. The Balaban J connectivity index is 1.64. The summed E-state index contributed by atoms with van der Waals surface area (Å²) in [7, 11) is 1.65. The minimum atomic E-state index is -2.94. The molecule has 2 heterocycles. The lowest BCUT2D eigenvalue weighted by atomic mass is 10.1. The molecule has 0 aromatic carbocycles. The van der Waals surface area contributed by atoms with Crippen LogP contribution in [-0.2, 0) is 4.79 Å². The molecule has 3 rings (SSSR count). The van der Waals surface area contributed by atoms with Gasteiger partial charge in [0.1, 0.15) is 5.82 Å². The number of hydrogen-bond donors (Lipinski definition) is 1. The maximum atomic E-state index is 12.9. The van der Waals surface area contributed by atoms with Crippen LogP contribution in [0, 0.1) is 5.92 Å². The number of hydrogen-bond acceptors (Lipinski definition) is 5. The van der Waals surface area contributed by atoms with Gasteiger partial charge < -0.3 is 15.0 Å². The van der Waals surface area contributed by atoms with Crippen LogP contribution in [0.25, 0.3) is 0 Å². The van der Waals surface area contributed by atoms with Crippen LogP contribution in [0.2, 0.25) is 0 Å². The van der Waals surface area contributed by atoms with Crippen LogP contribution in [0.3, 0.4) is 0 Å². The number of rotatable bonds is 8. The number of anilines is 1. The molecule has 0 aliphatic heterocycles. The smallest absolute Gasteiger partial charge is 0.278 e. The fraction of sp³-hybridized carbons (Fsp3) is 0.429. The Morgan fingerprint density at radius 1 is 1.30 bits per heavy atom. The zero-order valence-corrected chi connectivity index (χ0v) is 17.1. The molecule has 0 radical (unpaired) electrons. The molecule has 1 fully saturated rings. The van der Waals surface area contributed by atoms with Crippen molar-refractivity contribution in [3.05, 3.63) is 47.8 Å². The average molecular weight is 418 g/mol. The lowest BCUT2D eigenvalue weighted by molar-refractivity contribution is -0.117. The summed E-state index contributed by atoms with van der Waals surface area (Å²) in [6, 6.07) is 5.97. The van der Waals surface area contributed by atoms with Gasteiger partial charge in [0, 0.05) is 43.9 Å². The van der Waals surface area contributed by atoms with Crippen LogP contribution in [0.4, 0.5) is 14.6 Å². The topological polar surface area (TPSA) is 84.4 Å². The van der Waals surface area contributed by atoms with E-state index in [1.165, 1.54) is 23.4 Å². The third-order valence-corrected chi connectivity index (χ3v) is 4.82.